The van der Waals surface area contributed by atoms with Gasteiger partial charge in [0.25, 0.3) is 5.91 Å². The Balaban J connectivity index is 1.59. The summed E-state index contributed by atoms with van der Waals surface area (Å²) >= 11 is 1.83. The highest BCUT2D eigenvalue weighted by Gasteiger charge is 2.26. The van der Waals surface area contributed by atoms with Gasteiger partial charge in [-0.25, -0.2) is 9.97 Å². The number of amides is 1. The molecule has 0 bridgehead atoms. The molecule has 0 aromatic carbocycles. The molecule has 3 heterocycles. The summed E-state index contributed by atoms with van der Waals surface area (Å²) in [7, 11) is 0. The summed E-state index contributed by atoms with van der Waals surface area (Å²) in [5, 5.41) is 1.23. The van der Waals surface area contributed by atoms with Crippen molar-refractivity contribution in [3.63, 3.8) is 0 Å². The van der Waals surface area contributed by atoms with E-state index >= 15 is 0 Å². The number of carbonyl (C=O) groups excluding carboxylic acids is 1. The number of carbonyl (C=O) groups is 1. The predicted octanol–water partition coefficient (Wildman–Crippen LogP) is 3.21. The number of likely N-dealkylation sites (tertiary alicyclic amines) is 1. The lowest BCUT2D eigenvalue weighted by Gasteiger charge is -2.30. The third kappa shape index (κ3) is 3.75. The van der Waals surface area contributed by atoms with Gasteiger partial charge in [0.2, 0.25) is 0 Å². The Bertz CT molecular complexity index is 659. The van der Waals surface area contributed by atoms with Crippen LogP contribution in [0.25, 0.3) is 0 Å². The van der Waals surface area contributed by atoms with Crippen LogP contribution >= 0.6 is 11.3 Å². The van der Waals surface area contributed by atoms with E-state index in [1.54, 1.807) is 12.4 Å². The van der Waals surface area contributed by atoms with Crippen molar-refractivity contribution in [3.05, 3.63) is 39.9 Å². The van der Waals surface area contributed by atoms with Crippen LogP contribution < -0.4 is 0 Å². The lowest BCUT2D eigenvalue weighted by molar-refractivity contribution is 0.0706. The molecule has 3 rings (SSSR count). The number of rotatable bonds is 4. The highest BCUT2D eigenvalue weighted by Crippen LogP contribution is 2.31. The Kier molecular flexibility index (Phi) is 5.00. The summed E-state index contributed by atoms with van der Waals surface area (Å²) in [5.41, 5.74) is 1.26. The lowest BCUT2D eigenvalue weighted by atomic mass is 9.97. The highest BCUT2D eigenvalue weighted by molar-refractivity contribution is 7.11. The molecule has 0 aliphatic carbocycles. The highest BCUT2D eigenvalue weighted by atomic mass is 32.1. The van der Waals surface area contributed by atoms with E-state index in [0.717, 1.165) is 44.5 Å². The molecular formula is C17H22N4OS. The average Bonchev–Trinajstić information content (AvgIpc) is 3.04. The number of aryl methyl sites for hydroxylation is 2. The molecule has 1 fully saturated rings. The molecule has 1 aliphatic heterocycles. The van der Waals surface area contributed by atoms with Gasteiger partial charge in [-0.05, 0) is 26.2 Å². The second-order valence-corrected chi connectivity index (χ2v) is 7.17. The smallest absolute Gasteiger partial charge is 0.274 e. The van der Waals surface area contributed by atoms with Crippen LogP contribution in [0.4, 0.5) is 0 Å². The molecule has 2 aromatic rings. The van der Waals surface area contributed by atoms with Gasteiger partial charge in [0.1, 0.15) is 5.69 Å². The fraction of sp³-hybridized carbons (Fsp3) is 0.529. The normalized spacial score (nSPS) is 15.8. The van der Waals surface area contributed by atoms with E-state index in [1.165, 1.54) is 9.88 Å². The van der Waals surface area contributed by atoms with E-state index in [0.29, 0.717) is 11.6 Å². The van der Waals surface area contributed by atoms with Crippen molar-refractivity contribution in [3.8, 4) is 0 Å². The van der Waals surface area contributed by atoms with Gasteiger partial charge < -0.3 is 4.90 Å². The molecule has 0 N–H and O–H groups in total. The maximum Gasteiger partial charge on any atom is 0.274 e. The molecular weight excluding hydrogens is 308 g/mol. The summed E-state index contributed by atoms with van der Waals surface area (Å²) < 4.78 is 0. The summed E-state index contributed by atoms with van der Waals surface area (Å²) in [6.07, 6.45) is 9.46. The van der Waals surface area contributed by atoms with Gasteiger partial charge in [-0.15, -0.1) is 11.3 Å². The first-order valence-electron chi connectivity index (χ1n) is 8.20. The predicted molar refractivity (Wildman–Crippen MR) is 90.8 cm³/mol. The zero-order valence-corrected chi connectivity index (χ0v) is 14.5. The van der Waals surface area contributed by atoms with Crippen molar-refractivity contribution in [2.24, 2.45) is 0 Å². The molecule has 1 saturated heterocycles. The van der Waals surface area contributed by atoms with E-state index in [4.69, 9.17) is 0 Å². The summed E-state index contributed by atoms with van der Waals surface area (Å²) in [5.74, 6) is 0.473. The average molecular weight is 330 g/mol. The summed E-state index contributed by atoms with van der Waals surface area (Å²) in [6, 6.07) is 0. The largest absolute Gasteiger partial charge is 0.337 e. The van der Waals surface area contributed by atoms with Crippen LogP contribution in [0.2, 0.25) is 0 Å². The first kappa shape index (κ1) is 16.1. The number of hydrogen-bond donors (Lipinski definition) is 0. The minimum absolute atomic E-state index is 0.0123. The number of thiazole rings is 1. The van der Waals surface area contributed by atoms with E-state index < -0.39 is 0 Å². The quantitative estimate of drug-likeness (QED) is 0.863. The van der Waals surface area contributed by atoms with E-state index in [1.807, 2.05) is 29.4 Å². The number of hydrogen-bond acceptors (Lipinski definition) is 5. The van der Waals surface area contributed by atoms with E-state index in [2.05, 4.69) is 21.9 Å². The van der Waals surface area contributed by atoms with Gasteiger partial charge in [0.05, 0.1) is 16.9 Å². The van der Waals surface area contributed by atoms with Crippen LogP contribution in [-0.4, -0.2) is 38.8 Å². The van der Waals surface area contributed by atoms with Gasteiger partial charge in [-0.2, -0.15) is 0 Å². The topological polar surface area (TPSA) is 59.0 Å². The molecule has 1 aliphatic rings. The standard InChI is InChI=1S/C17H22N4OS/c1-3-4-14-10-20-16(23-14)13-5-7-21(8-6-13)17(22)15-11-18-12(2)9-19-15/h9-11,13H,3-8H2,1-2H3. The van der Waals surface area contributed by atoms with Crippen LogP contribution in [0.5, 0.6) is 0 Å². The number of nitrogens with zero attached hydrogens (tertiary/aromatic N) is 4. The van der Waals surface area contributed by atoms with Crippen LogP contribution in [0, 0.1) is 6.92 Å². The molecule has 0 saturated carbocycles. The fourth-order valence-corrected chi connectivity index (χ4v) is 4.06. The second kappa shape index (κ2) is 7.17. The van der Waals surface area contributed by atoms with E-state index in [9.17, 15) is 4.79 Å². The number of piperidine rings is 1. The van der Waals surface area contributed by atoms with Crippen LogP contribution in [0.3, 0.4) is 0 Å². The minimum atomic E-state index is -0.0123. The zero-order chi connectivity index (χ0) is 16.2. The van der Waals surface area contributed by atoms with Crippen molar-refractivity contribution in [1.82, 2.24) is 19.9 Å². The monoisotopic (exact) mass is 330 g/mol. The van der Waals surface area contributed by atoms with E-state index in [-0.39, 0.29) is 5.91 Å². The molecule has 0 radical (unpaired) electrons. The Morgan fingerprint density at radius 1 is 1.22 bits per heavy atom. The summed E-state index contributed by atoms with van der Waals surface area (Å²) in [4.78, 5) is 28.6. The van der Waals surface area contributed by atoms with Gasteiger partial charge in [0.15, 0.2) is 0 Å². The third-order valence-electron chi connectivity index (χ3n) is 4.20. The molecule has 5 nitrogen and oxygen atoms in total. The van der Waals surface area contributed by atoms with Crippen LogP contribution in [0.15, 0.2) is 18.6 Å². The van der Waals surface area contributed by atoms with Crippen molar-refractivity contribution in [2.75, 3.05) is 13.1 Å². The first-order valence-corrected chi connectivity index (χ1v) is 9.01. The molecule has 122 valence electrons. The van der Waals surface area contributed by atoms with Crippen molar-refractivity contribution in [2.45, 2.75) is 45.4 Å². The van der Waals surface area contributed by atoms with Crippen LogP contribution in [-0.2, 0) is 6.42 Å². The Hall–Kier alpha value is -1.82. The first-order chi connectivity index (χ1) is 11.2. The molecule has 2 aromatic heterocycles. The minimum Gasteiger partial charge on any atom is -0.337 e. The van der Waals surface area contributed by atoms with Crippen molar-refractivity contribution < 1.29 is 4.79 Å². The van der Waals surface area contributed by atoms with Gasteiger partial charge in [-0.3, -0.25) is 9.78 Å². The Morgan fingerprint density at radius 2 is 2.00 bits per heavy atom. The van der Waals surface area contributed by atoms with Gasteiger partial charge in [0, 0.05) is 36.3 Å². The SMILES string of the molecule is CCCc1cnc(C2CCN(C(=O)c3cnc(C)cn3)CC2)s1. The second-order valence-electron chi connectivity index (χ2n) is 6.02. The Morgan fingerprint density at radius 3 is 2.65 bits per heavy atom. The third-order valence-corrected chi connectivity index (χ3v) is 5.42. The maximum atomic E-state index is 12.5. The van der Waals surface area contributed by atoms with Gasteiger partial charge >= 0.3 is 0 Å². The number of aromatic nitrogens is 3. The molecule has 0 unspecified atom stereocenters. The Labute approximate surface area is 140 Å². The molecule has 6 heteroatoms. The maximum absolute atomic E-state index is 12.5. The zero-order valence-electron chi connectivity index (χ0n) is 13.7. The molecule has 23 heavy (non-hydrogen) atoms. The molecule has 1 amide bonds. The van der Waals surface area contributed by atoms with Gasteiger partial charge in [-0.1, -0.05) is 13.3 Å². The lowest BCUT2D eigenvalue weighted by Crippen LogP contribution is -2.38. The van der Waals surface area contributed by atoms with Crippen LogP contribution in [0.1, 0.15) is 58.2 Å². The molecule has 0 spiro atoms. The molecule has 0 atom stereocenters. The van der Waals surface area contributed by atoms with Crippen molar-refractivity contribution in [1.29, 1.82) is 0 Å². The van der Waals surface area contributed by atoms with Crippen molar-refractivity contribution >= 4 is 17.2 Å². The summed E-state index contributed by atoms with van der Waals surface area (Å²) in [6.45, 7) is 5.59. The fourth-order valence-electron chi connectivity index (χ4n) is 2.87.